The van der Waals surface area contributed by atoms with Gasteiger partial charge in [0.15, 0.2) is 9.84 Å². The zero-order valence-electron chi connectivity index (χ0n) is 17.6. The number of halogens is 1. The van der Waals surface area contributed by atoms with Crippen molar-refractivity contribution in [2.75, 3.05) is 5.75 Å². The Kier molecular flexibility index (Phi) is 6.43. The number of hydrogen-bond donors (Lipinski definition) is 3. The summed E-state index contributed by atoms with van der Waals surface area (Å²) in [5, 5.41) is 8.41. The first kappa shape index (κ1) is 22.6. The lowest BCUT2D eigenvalue weighted by Gasteiger charge is -2.20. The number of hydrogen-bond acceptors (Lipinski definition) is 5. The summed E-state index contributed by atoms with van der Waals surface area (Å²) in [6.45, 7) is 0. The number of nitrogens with one attached hydrogen (secondary N) is 3. The first-order valence-corrected chi connectivity index (χ1v) is 12.6. The maximum Gasteiger partial charge on any atom is 0.315 e. The summed E-state index contributed by atoms with van der Waals surface area (Å²) in [6, 6.07) is 5.76. The zero-order valence-corrected chi connectivity index (χ0v) is 19.2. The standard InChI is InChI=1S/C21H26ClN5O4S/c1-27-11-10-23-20(27)18(13-6-8-14(22)9-7-13)25-17(28)5-3-2-4-16-19-15(12-32(16,30)31)24-21(29)26-19/h6-11,15-16,18-19H,2-5,12H2,1H3,(H,25,28)(H2,24,26,29)/t15-,16-,18-,19+/m1/s1. The molecule has 9 nitrogen and oxygen atoms in total. The van der Waals surface area contributed by atoms with Crippen LogP contribution in [0.15, 0.2) is 36.7 Å². The number of carbonyl (C=O) groups is 2. The smallest absolute Gasteiger partial charge is 0.315 e. The Morgan fingerprint density at radius 3 is 2.72 bits per heavy atom. The molecule has 0 radical (unpaired) electrons. The number of aryl methyl sites for hydroxylation is 1. The molecule has 4 rings (SSSR count). The van der Waals surface area contributed by atoms with Gasteiger partial charge in [0, 0.05) is 30.9 Å². The Bertz CT molecular complexity index is 1100. The van der Waals surface area contributed by atoms with E-state index in [0.29, 0.717) is 30.1 Å². The van der Waals surface area contributed by atoms with Crippen LogP contribution in [-0.4, -0.2) is 53.0 Å². The highest BCUT2D eigenvalue weighted by molar-refractivity contribution is 7.92. The maximum absolute atomic E-state index is 12.7. The van der Waals surface area contributed by atoms with Gasteiger partial charge < -0.3 is 20.5 Å². The van der Waals surface area contributed by atoms with Gasteiger partial charge in [-0.3, -0.25) is 4.79 Å². The SMILES string of the molecule is Cn1ccnc1[C@H](NC(=O)CCCC[C@@H]1[C@H]2NC(=O)N[C@@H]2CS1(=O)=O)c1ccc(Cl)cc1. The number of fused-ring (bicyclic) bond motifs is 1. The monoisotopic (exact) mass is 479 g/mol. The van der Waals surface area contributed by atoms with Crippen LogP contribution in [0.2, 0.25) is 5.02 Å². The van der Waals surface area contributed by atoms with E-state index >= 15 is 0 Å². The number of carbonyl (C=O) groups excluding carboxylic acids is 2. The van der Waals surface area contributed by atoms with E-state index in [1.807, 2.05) is 29.9 Å². The largest absolute Gasteiger partial charge is 0.342 e. The van der Waals surface area contributed by atoms with Gasteiger partial charge >= 0.3 is 6.03 Å². The molecule has 0 unspecified atom stereocenters. The summed E-state index contributed by atoms with van der Waals surface area (Å²) in [4.78, 5) is 28.6. The highest BCUT2D eigenvalue weighted by Gasteiger charge is 2.51. The molecular weight excluding hydrogens is 454 g/mol. The molecule has 0 spiro atoms. The second-order valence-electron chi connectivity index (χ2n) is 8.31. The number of rotatable bonds is 8. The fourth-order valence-electron chi connectivity index (χ4n) is 4.48. The molecule has 2 aliphatic heterocycles. The van der Waals surface area contributed by atoms with Crippen LogP contribution in [-0.2, 0) is 21.7 Å². The van der Waals surface area contributed by atoms with Crippen LogP contribution < -0.4 is 16.0 Å². The van der Waals surface area contributed by atoms with Gasteiger partial charge in [0.25, 0.3) is 0 Å². The Hall–Kier alpha value is -2.59. The van der Waals surface area contributed by atoms with Crippen molar-refractivity contribution in [2.24, 2.45) is 7.05 Å². The molecule has 0 bridgehead atoms. The van der Waals surface area contributed by atoms with Crippen molar-refractivity contribution in [1.82, 2.24) is 25.5 Å². The third kappa shape index (κ3) is 4.75. The van der Waals surface area contributed by atoms with Gasteiger partial charge in [-0.2, -0.15) is 0 Å². The number of sulfone groups is 1. The predicted octanol–water partition coefficient (Wildman–Crippen LogP) is 1.69. The van der Waals surface area contributed by atoms with Crippen molar-refractivity contribution in [2.45, 2.75) is 49.1 Å². The average molecular weight is 480 g/mol. The molecule has 11 heteroatoms. The van der Waals surface area contributed by atoms with Crippen LogP contribution in [0.3, 0.4) is 0 Å². The fourth-order valence-corrected chi connectivity index (χ4v) is 6.87. The Labute approximate surface area is 191 Å². The molecular formula is C21H26ClN5O4S. The van der Waals surface area contributed by atoms with Crippen LogP contribution in [0.4, 0.5) is 4.79 Å². The van der Waals surface area contributed by atoms with Gasteiger partial charge in [0.05, 0.1) is 23.1 Å². The van der Waals surface area contributed by atoms with Gasteiger partial charge in [0.1, 0.15) is 11.9 Å². The summed E-state index contributed by atoms with van der Waals surface area (Å²) in [5.74, 6) is 0.526. The number of nitrogens with zero attached hydrogens (tertiary/aromatic N) is 2. The summed E-state index contributed by atoms with van der Waals surface area (Å²) in [7, 11) is -1.40. The number of aromatic nitrogens is 2. The summed E-state index contributed by atoms with van der Waals surface area (Å²) >= 11 is 6.00. The predicted molar refractivity (Wildman–Crippen MR) is 120 cm³/mol. The van der Waals surface area contributed by atoms with E-state index < -0.39 is 21.1 Å². The molecule has 32 heavy (non-hydrogen) atoms. The van der Waals surface area contributed by atoms with Crippen LogP contribution in [0.1, 0.15) is 43.1 Å². The molecule has 2 fully saturated rings. The molecule has 2 aliphatic rings. The normalized spacial score (nSPS) is 24.4. The van der Waals surface area contributed by atoms with Gasteiger partial charge in [0.2, 0.25) is 5.91 Å². The Morgan fingerprint density at radius 1 is 1.28 bits per heavy atom. The van der Waals surface area contributed by atoms with Crippen molar-refractivity contribution < 1.29 is 18.0 Å². The van der Waals surface area contributed by atoms with Gasteiger partial charge in [-0.05, 0) is 30.5 Å². The second-order valence-corrected chi connectivity index (χ2v) is 11.0. The van der Waals surface area contributed by atoms with Crippen molar-refractivity contribution in [3.05, 3.63) is 53.1 Å². The molecule has 1 aromatic carbocycles. The Balaban J connectivity index is 1.33. The molecule has 2 saturated heterocycles. The number of unbranched alkanes of at least 4 members (excludes halogenated alkanes) is 1. The lowest BCUT2D eigenvalue weighted by Crippen LogP contribution is -2.39. The molecule has 3 amide bonds. The molecule has 4 atom stereocenters. The first-order chi connectivity index (χ1) is 15.2. The van der Waals surface area contributed by atoms with Crippen LogP contribution in [0, 0.1) is 0 Å². The van der Waals surface area contributed by atoms with Crippen molar-refractivity contribution >= 4 is 33.4 Å². The van der Waals surface area contributed by atoms with Crippen LogP contribution in [0.5, 0.6) is 0 Å². The van der Waals surface area contributed by atoms with Crippen LogP contribution >= 0.6 is 11.6 Å². The molecule has 1 aromatic heterocycles. The molecule has 3 heterocycles. The van der Waals surface area contributed by atoms with E-state index in [-0.39, 0.29) is 36.2 Å². The van der Waals surface area contributed by atoms with Gasteiger partial charge in [-0.1, -0.05) is 30.2 Å². The van der Waals surface area contributed by atoms with Crippen molar-refractivity contribution in [1.29, 1.82) is 0 Å². The minimum absolute atomic E-state index is 0.0337. The van der Waals surface area contributed by atoms with Gasteiger partial charge in [-0.25, -0.2) is 18.2 Å². The van der Waals surface area contributed by atoms with Crippen molar-refractivity contribution in [3.63, 3.8) is 0 Å². The lowest BCUT2D eigenvalue weighted by molar-refractivity contribution is -0.121. The second kappa shape index (κ2) is 9.11. The minimum Gasteiger partial charge on any atom is -0.342 e. The van der Waals surface area contributed by atoms with E-state index in [1.165, 1.54) is 0 Å². The summed E-state index contributed by atoms with van der Waals surface area (Å²) < 4.78 is 26.7. The highest BCUT2D eigenvalue weighted by atomic mass is 35.5. The average Bonchev–Trinajstić information content (AvgIpc) is 3.37. The minimum atomic E-state index is -3.26. The van der Waals surface area contributed by atoms with Gasteiger partial charge in [-0.15, -0.1) is 0 Å². The fraction of sp³-hybridized carbons (Fsp3) is 0.476. The van der Waals surface area contributed by atoms with Crippen molar-refractivity contribution in [3.8, 4) is 0 Å². The third-order valence-corrected chi connectivity index (χ3v) is 8.62. The molecule has 172 valence electrons. The number of urea groups is 1. The molecule has 0 aliphatic carbocycles. The quantitative estimate of drug-likeness (QED) is 0.393. The summed E-state index contributed by atoms with van der Waals surface area (Å²) in [6.07, 6.45) is 5.29. The highest BCUT2D eigenvalue weighted by Crippen LogP contribution is 2.28. The molecule has 3 N–H and O–H groups in total. The van der Waals surface area contributed by atoms with E-state index in [9.17, 15) is 18.0 Å². The van der Waals surface area contributed by atoms with Crippen LogP contribution in [0.25, 0.3) is 0 Å². The summed E-state index contributed by atoms with van der Waals surface area (Å²) in [5.41, 5.74) is 0.865. The number of amides is 3. The third-order valence-electron chi connectivity index (χ3n) is 6.09. The van der Waals surface area contributed by atoms with E-state index in [1.54, 1.807) is 18.3 Å². The lowest BCUT2D eigenvalue weighted by atomic mass is 10.0. The molecule has 2 aromatic rings. The number of benzene rings is 1. The topological polar surface area (TPSA) is 122 Å². The van der Waals surface area contributed by atoms with E-state index in [0.717, 1.165) is 5.56 Å². The zero-order chi connectivity index (χ0) is 22.9. The van der Waals surface area contributed by atoms with E-state index in [4.69, 9.17) is 11.6 Å². The first-order valence-electron chi connectivity index (χ1n) is 10.6. The maximum atomic E-state index is 12.7. The number of imidazole rings is 1. The van der Waals surface area contributed by atoms with E-state index in [2.05, 4.69) is 20.9 Å². The molecule has 0 saturated carbocycles. The Morgan fingerprint density at radius 2 is 2.03 bits per heavy atom.